The van der Waals surface area contributed by atoms with E-state index in [9.17, 15) is 9.90 Å². The fourth-order valence-corrected chi connectivity index (χ4v) is 6.66. The number of aromatic nitrogens is 1. The first-order chi connectivity index (χ1) is 22.5. The number of nitrogens with zero attached hydrogens (tertiary/aromatic N) is 2. The number of halogens is 1. The van der Waals surface area contributed by atoms with E-state index in [-0.39, 0.29) is 17.1 Å². The Bertz CT molecular complexity index is 1610. The summed E-state index contributed by atoms with van der Waals surface area (Å²) < 4.78 is 8.49. The van der Waals surface area contributed by atoms with Crippen molar-refractivity contribution in [2.24, 2.45) is 0 Å². The maximum atomic E-state index is 13.4. The number of allylic oxidation sites excluding steroid dienone is 3. The first-order valence-corrected chi connectivity index (χ1v) is 18.0. The van der Waals surface area contributed by atoms with Crippen LogP contribution < -0.4 is 14.2 Å². The fraction of sp³-hybridized carbons (Fsp3) is 0.450. The third kappa shape index (κ3) is 8.22. The van der Waals surface area contributed by atoms with E-state index in [1.54, 1.807) is 6.08 Å². The Kier molecular flexibility index (Phi) is 12.4. The van der Waals surface area contributed by atoms with Crippen LogP contribution in [-0.4, -0.2) is 17.4 Å². The van der Waals surface area contributed by atoms with E-state index in [1.807, 2.05) is 30.3 Å². The van der Waals surface area contributed by atoms with Gasteiger partial charge in [0, 0.05) is 36.2 Å². The van der Waals surface area contributed by atoms with Gasteiger partial charge in [-0.05, 0) is 48.7 Å². The van der Waals surface area contributed by atoms with Gasteiger partial charge >= 0.3 is 0 Å². The molecule has 0 atom stereocenters. The molecule has 3 aromatic rings. The molecule has 1 aromatic heterocycles. The molecule has 2 aromatic carbocycles. The van der Waals surface area contributed by atoms with E-state index in [2.05, 4.69) is 53.8 Å². The highest BCUT2D eigenvalue weighted by Crippen LogP contribution is 2.42. The summed E-state index contributed by atoms with van der Waals surface area (Å²) in [6, 6.07) is 15.9. The number of ketones is 1. The highest BCUT2D eigenvalue weighted by molar-refractivity contribution is 6.31. The average molecular weight is 642 g/mol. The molecule has 6 heteroatoms. The summed E-state index contributed by atoms with van der Waals surface area (Å²) in [5.74, 6) is 1.09. The number of hydrogen-bond acceptors (Lipinski definition) is 4. The smallest absolute Gasteiger partial charge is 0.213 e. The standard InChI is InChI=1S/C40H49ClN2O3/c1-3-5-7-9-11-12-14-18-25-43-36-28-31(41)21-22-37(36)46-38(43)29-34-39(44)33(40(34)45)27-30-23-26-42(24-17-13-10-8-6-4-2)35-20-16-15-19-32(30)35/h15-16,19-23,26-29H,3-14,17-18,24-25H2,1-2H3/p+1. The zero-order valence-corrected chi connectivity index (χ0v) is 28.5. The Morgan fingerprint density at radius 1 is 0.826 bits per heavy atom. The van der Waals surface area contributed by atoms with Crippen molar-refractivity contribution in [1.82, 2.24) is 0 Å². The van der Waals surface area contributed by atoms with Gasteiger partial charge in [0.05, 0.1) is 22.2 Å². The molecule has 1 aliphatic carbocycles. The molecule has 1 aliphatic heterocycles. The molecule has 0 unspecified atom stereocenters. The minimum Gasteiger partial charge on any atom is -0.506 e. The lowest BCUT2D eigenvalue weighted by atomic mass is 9.86. The molecule has 5 nitrogen and oxygen atoms in total. The minimum atomic E-state index is -0.178. The summed E-state index contributed by atoms with van der Waals surface area (Å²) in [7, 11) is 0. The summed E-state index contributed by atoms with van der Waals surface area (Å²) in [4.78, 5) is 15.5. The lowest BCUT2D eigenvalue weighted by molar-refractivity contribution is -0.671. The molecule has 0 fully saturated rings. The number of rotatable bonds is 18. The number of carbonyl (C=O) groups excluding carboxylic acids is 1. The molecule has 2 heterocycles. The van der Waals surface area contributed by atoms with Gasteiger partial charge in [0.25, 0.3) is 0 Å². The van der Waals surface area contributed by atoms with E-state index < -0.39 is 0 Å². The summed E-state index contributed by atoms with van der Waals surface area (Å²) >= 11 is 6.35. The molecular weight excluding hydrogens is 592 g/mol. The third-order valence-electron chi connectivity index (χ3n) is 9.21. The molecular formula is C40H50ClN2O3+. The van der Waals surface area contributed by atoms with E-state index in [1.165, 1.54) is 70.6 Å². The van der Waals surface area contributed by atoms with Crippen LogP contribution in [0.5, 0.6) is 5.75 Å². The molecule has 2 aliphatic rings. The predicted octanol–water partition coefficient (Wildman–Crippen LogP) is 10.8. The third-order valence-corrected chi connectivity index (χ3v) is 9.44. The normalized spacial score (nSPS) is 16.1. The van der Waals surface area contributed by atoms with Crippen LogP contribution in [-0.2, 0) is 11.3 Å². The lowest BCUT2D eigenvalue weighted by Crippen LogP contribution is -2.34. The molecule has 0 saturated carbocycles. The summed E-state index contributed by atoms with van der Waals surface area (Å²) in [6.45, 7) is 6.21. The molecule has 0 spiro atoms. The Morgan fingerprint density at radius 2 is 1.50 bits per heavy atom. The monoisotopic (exact) mass is 641 g/mol. The number of ether oxygens (including phenoxy) is 1. The Morgan fingerprint density at radius 3 is 2.22 bits per heavy atom. The van der Waals surface area contributed by atoms with Gasteiger partial charge < -0.3 is 14.7 Å². The number of aliphatic hydroxyl groups is 1. The topological polar surface area (TPSA) is 53.7 Å². The molecule has 46 heavy (non-hydrogen) atoms. The quantitative estimate of drug-likeness (QED) is 0.0853. The van der Waals surface area contributed by atoms with Crippen molar-refractivity contribution in [3.63, 3.8) is 0 Å². The zero-order chi connectivity index (χ0) is 32.3. The van der Waals surface area contributed by atoms with Crippen molar-refractivity contribution in [3.8, 4) is 5.75 Å². The van der Waals surface area contributed by atoms with Gasteiger partial charge in [0.1, 0.15) is 12.3 Å². The van der Waals surface area contributed by atoms with Crippen molar-refractivity contribution in [2.75, 3.05) is 11.4 Å². The van der Waals surface area contributed by atoms with Crippen LogP contribution in [0, 0.1) is 0 Å². The Labute approximate surface area is 280 Å². The number of Topliss-reactive ketones (excluding diaryl/α,β-unsaturated/α-hetero) is 1. The molecule has 0 amide bonds. The lowest BCUT2D eigenvalue weighted by Gasteiger charge is -2.22. The molecule has 0 radical (unpaired) electrons. The maximum Gasteiger partial charge on any atom is 0.213 e. The summed E-state index contributed by atoms with van der Waals surface area (Å²) in [6.07, 6.45) is 23.0. The van der Waals surface area contributed by atoms with Gasteiger partial charge in [-0.1, -0.05) is 108 Å². The van der Waals surface area contributed by atoms with Crippen molar-refractivity contribution in [2.45, 2.75) is 110 Å². The van der Waals surface area contributed by atoms with Crippen LogP contribution >= 0.6 is 11.6 Å². The molecule has 0 bridgehead atoms. The molecule has 0 saturated heterocycles. The number of para-hydroxylation sites is 1. The number of anilines is 1. The Balaban J connectivity index is 1.30. The van der Waals surface area contributed by atoms with Gasteiger partial charge in [0.15, 0.2) is 11.9 Å². The van der Waals surface area contributed by atoms with Gasteiger partial charge in [-0.2, -0.15) is 4.57 Å². The number of hydrogen-bond donors (Lipinski definition) is 1. The molecule has 244 valence electrons. The van der Waals surface area contributed by atoms with Gasteiger partial charge in [-0.3, -0.25) is 4.79 Å². The number of carbonyl (C=O) groups is 1. The van der Waals surface area contributed by atoms with Gasteiger partial charge in [0.2, 0.25) is 17.2 Å². The number of benzene rings is 2. The van der Waals surface area contributed by atoms with Crippen molar-refractivity contribution in [1.29, 1.82) is 0 Å². The molecule has 1 N–H and O–H groups in total. The number of aliphatic hydroxyl groups excluding tert-OH is 1. The maximum absolute atomic E-state index is 13.4. The highest BCUT2D eigenvalue weighted by Gasteiger charge is 2.35. The zero-order valence-electron chi connectivity index (χ0n) is 27.7. The number of aryl methyl sites for hydroxylation is 1. The van der Waals surface area contributed by atoms with Crippen LogP contribution in [0.1, 0.15) is 109 Å². The van der Waals surface area contributed by atoms with Crippen molar-refractivity contribution < 1.29 is 19.2 Å². The largest absolute Gasteiger partial charge is 0.506 e. The predicted molar refractivity (Wildman–Crippen MR) is 190 cm³/mol. The number of fused-ring (bicyclic) bond motifs is 2. The summed E-state index contributed by atoms with van der Waals surface area (Å²) in [5, 5.41) is 12.8. The SMILES string of the molecule is CCCCCCCCCCN1/C(=C\C2=C(O)C(=Cc3cc[n+](CCCCCCCC)c4ccccc34)C2=O)Oc2ccc(Cl)cc21. The minimum absolute atomic E-state index is 0.00927. The summed E-state index contributed by atoms with van der Waals surface area (Å²) in [5.41, 5.74) is 3.56. The van der Waals surface area contributed by atoms with E-state index in [4.69, 9.17) is 16.3 Å². The van der Waals surface area contributed by atoms with Crippen LogP contribution in [0.2, 0.25) is 5.02 Å². The highest BCUT2D eigenvalue weighted by atomic mass is 35.5. The van der Waals surface area contributed by atoms with Crippen LogP contribution in [0.4, 0.5) is 5.69 Å². The molecule has 5 rings (SSSR count). The second-order valence-electron chi connectivity index (χ2n) is 12.7. The van der Waals surface area contributed by atoms with Gasteiger partial charge in [-0.25, -0.2) is 0 Å². The van der Waals surface area contributed by atoms with E-state index >= 15 is 0 Å². The number of unbranched alkanes of at least 4 members (excludes halogenated alkanes) is 12. The van der Waals surface area contributed by atoms with E-state index in [0.717, 1.165) is 54.5 Å². The first kappa shape index (κ1) is 33.8. The second-order valence-corrected chi connectivity index (χ2v) is 13.2. The first-order valence-electron chi connectivity index (χ1n) is 17.6. The fourth-order valence-electron chi connectivity index (χ4n) is 6.50. The second kappa shape index (κ2) is 16.8. The van der Waals surface area contributed by atoms with Crippen molar-refractivity contribution in [3.05, 3.63) is 94.2 Å². The van der Waals surface area contributed by atoms with Crippen LogP contribution in [0.25, 0.3) is 17.0 Å². The number of pyridine rings is 1. The van der Waals surface area contributed by atoms with Crippen LogP contribution in [0.3, 0.4) is 0 Å². The van der Waals surface area contributed by atoms with Crippen molar-refractivity contribution >= 4 is 40.1 Å². The average Bonchev–Trinajstić information content (AvgIpc) is 3.41. The van der Waals surface area contributed by atoms with E-state index in [0.29, 0.717) is 22.2 Å². The Hall–Kier alpha value is -3.57. The van der Waals surface area contributed by atoms with Crippen LogP contribution in [0.15, 0.2) is 83.6 Å². The van der Waals surface area contributed by atoms with Gasteiger partial charge in [-0.15, -0.1) is 0 Å².